The zero-order chi connectivity index (χ0) is 11.3. The number of anilines is 2. The molecule has 0 amide bonds. The van der Waals surface area contributed by atoms with Gasteiger partial charge in [0.2, 0.25) is 0 Å². The van der Waals surface area contributed by atoms with Crippen LogP contribution < -0.4 is 11.5 Å². The van der Waals surface area contributed by atoms with Crippen LogP contribution in [0.4, 0.5) is 11.4 Å². The summed E-state index contributed by atoms with van der Waals surface area (Å²) in [7, 11) is 0. The molecule has 1 heterocycles. The Labute approximate surface area is 87.0 Å². The van der Waals surface area contributed by atoms with E-state index in [2.05, 4.69) is 0 Å². The van der Waals surface area contributed by atoms with E-state index in [1.165, 1.54) is 11.3 Å². The molecule has 0 aliphatic carbocycles. The van der Waals surface area contributed by atoms with E-state index in [9.17, 15) is 0 Å². The van der Waals surface area contributed by atoms with E-state index < -0.39 is 0 Å². The Kier molecular flexibility index (Phi) is 24.3. The lowest BCUT2D eigenvalue weighted by molar-refractivity contribution is 1.50. The van der Waals surface area contributed by atoms with Crippen molar-refractivity contribution in [2.24, 2.45) is 0 Å². The summed E-state index contributed by atoms with van der Waals surface area (Å²) in [6.07, 6.45) is 0. The molecule has 2 nitrogen and oxygen atoms in total. The van der Waals surface area contributed by atoms with E-state index in [-0.39, 0.29) is 0 Å². The Morgan fingerprint density at radius 3 is 1.08 bits per heavy atom. The van der Waals surface area contributed by atoms with Crippen molar-refractivity contribution in [3.63, 3.8) is 0 Å². The maximum absolute atomic E-state index is 5.33. The van der Waals surface area contributed by atoms with Crippen molar-refractivity contribution in [3.8, 4) is 0 Å². The highest BCUT2D eigenvalue weighted by Crippen LogP contribution is 2.17. The summed E-state index contributed by atoms with van der Waals surface area (Å²) in [5.74, 6) is 0. The highest BCUT2D eigenvalue weighted by molar-refractivity contribution is 7.08. The molecule has 0 aromatic carbocycles. The normalized spacial score (nSPS) is 6.31. The molecule has 0 bridgehead atoms. The average Bonchev–Trinajstić information content (AvgIpc) is 2.61. The van der Waals surface area contributed by atoms with Crippen LogP contribution in [0.2, 0.25) is 0 Å². The topological polar surface area (TPSA) is 52.0 Å². The number of rotatable bonds is 0. The van der Waals surface area contributed by atoms with Crippen molar-refractivity contribution in [1.82, 2.24) is 0 Å². The van der Waals surface area contributed by atoms with Gasteiger partial charge in [0.05, 0.1) is 11.4 Å². The molecule has 0 aliphatic heterocycles. The lowest BCUT2D eigenvalue weighted by Crippen LogP contribution is -1.87. The minimum atomic E-state index is 0.685. The van der Waals surface area contributed by atoms with Crippen LogP contribution in [0.1, 0.15) is 41.5 Å². The smallest absolute Gasteiger partial charge is 0.0656 e. The van der Waals surface area contributed by atoms with Crippen molar-refractivity contribution in [1.29, 1.82) is 0 Å². The summed E-state index contributed by atoms with van der Waals surface area (Å²) in [5, 5.41) is 3.63. The number of hydrogen-bond acceptors (Lipinski definition) is 3. The van der Waals surface area contributed by atoms with Crippen LogP contribution in [0, 0.1) is 0 Å². The fraction of sp³-hybridized carbons (Fsp3) is 0.600. The van der Waals surface area contributed by atoms with Gasteiger partial charge in [-0.3, -0.25) is 0 Å². The van der Waals surface area contributed by atoms with Crippen LogP contribution in [0.15, 0.2) is 10.8 Å². The van der Waals surface area contributed by atoms with Gasteiger partial charge in [-0.15, -0.1) is 11.3 Å². The van der Waals surface area contributed by atoms with E-state index in [0.29, 0.717) is 11.4 Å². The molecule has 4 N–H and O–H groups in total. The van der Waals surface area contributed by atoms with E-state index in [0.717, 1.165) is 0 Å². The SMILES string of the molecule is CC.CC.CC.Nc1cscc1N. The van der Waals surface area contributed by atoms with E-state index in [4.69, 9.17) is 11.5 Å². The van der Waals surface area contributed by atoms with E-state index in [1.807, 2.05) is 52.3 Å². The first-order valence-electron chi connectivity index (χ1n) is 4.88. The molecule has 1 aromatic rings. The molecule has 0 atom stereocenters. The first-order valence-corrected chi connectivity index (χ1v) is 5.82. The highest BCUT2D eigenvalue weighted by Gasteiger charge is 1.88. The molecule has 0 unspecified atom stereocenters. The second kappa shape index (κ2) is 17.4. The van der Waals surface area contributed by atoms with Gasteiger partial charge in [-0.25, -0.2) is 0 Å². The number of hydrogen-bond donors (Lipinski definition) is 2. The number of nitrogens with two attached hydrogens (primary N) is 2. The summed E-state index contributed by atoms with van der Waals surface area (Å²) < 4.78 is 0. The maximum Gasteiger partial charge on any atom is 0.0656 e. The van der Waals surface area contributed by atoms with Crippen LogP contribution in [0.3, 0.4) is 0 Å². The molecular weight excluding hydrogens is 180 g/mol. The zero-order valence-electron chi connectivity index (χ0n) is 9.72. The monoisotopic (exact) mass is 204 g/mol. The largest absolute Gasteiger partial charge is 0.396 e. The van der Waals surface area contributed by atoms with E-state index in [1.54, 1.807) is 0 Å². The first-order chi connectivity index (χ1) is 6.30. The van der Waals surface area contributed by atoms with Gasteiger partial charge in [0.1, 0.15) is 0 Å². The lowest BCUT2D eigenvalue weighted by atomic mass is 10.5. The quantitative estimate of drug-likeness (QED) is 0.671. The number of nitrogen functional groups attached to an aromatic ring is 2. The Morgan fingerprint density at radius 1 is 0.769 bits per heavy atom. The van der Waals surface area contributed by atoms with Crippen LogP contribution in [-0.4, -0.2) is 0 Å². The van der Waals surface area contributed by atoms with Gasteiger partial charge in [0.25, 0.3) is 0 Å². The second-order valence-electron chi connectivity index (χ2n) is 1.28. The summed E-state index contributed by atoms with van der Waals surface area (Å²) >= 11 is 1.52. The van der Waals surface area contributed by atoms with Crippen molar-refractivity contribution < 1.29 is 0 Å². The van der Waals surface area contributed by atoms with Gasteiger partial charge < -0.3 is 11.5 Å². The zero-order valence-corrected chi connectivity index (χ0v) is 10.5. The number of thiophene rings is 1. The van der Waals surface area contributed by atoms with Crippen molar-refractivity contribution in [2.45, 2.75) is 41.5 Å². The molecule has 13 heavy (non-hydrogen) atoms. The molecular formula is C10H24N2S. The molecule has 0 spiro atoms. The molecule has 80 valence electrons. The maximum atomic E-state index is 5.33. The molecule has 0 saturated carbocycles. The summed E-state index contributed by atoms with van der Waals surface area (Å²) in [6, 6.07) is 0. The predicted molar refractivity (Wildman–Crippen MR) is 67.2 cm³/mol. The van der Waals surface area contributed by atoms with Gasteiger partial charge in [-0.05, 0) is 0 Å². The molecule has 0 aliphatic rings. The van der Waals surface area contributed by atoms with Crippen LogP contribution in [-0.2, 0) is 0 Å². The van der Waals surface area contributed by atoms with Crippen LogP contribution >= 0.6 is 11.3 Å². The van der Waals surface area contributed by atoms with Gasteiger partial charge in [-0.1, -0.05) is 41.5 Å². The van der Waals surface area contributed by atoms with Gasteiger partial charge in [0.15, 0.2) is 0 Å². The third-order valence-corrected chi connectivity index (χ3v) is 1.50. The van der Waals surface area contributed by atoms with Crippen molar-refractivity contribution in [2.75, 3.05) is 11.5 Å². The minimum Gasteiger partial charge on any atom is -0.396 e. The van der Waals surface area contributed by atoms with Gasteiger partial charge >= 0.3 is 0 Å². The molecule has 3 heteroatoms. The molecule has 0 radical (unpaired) electrons. The standard InChI is InChI=1S/C4H6N2S.3C2H6/c5-3-1-7-2-4(3)6;3*1-2/h1-2H,5-6H2;3*1-2H3. The third-order valence-electron chi connectivity index (χ3n) is 0.723. The van der Waals surface area contributed by atoms with Crippen LogP contribution in [0.25, 0.3) is 0 Å². The Hall–Kier alpha value is -0.700. The summed E-state index contributed by atoms with van der Waals surface area (Å²) in [4.78, 5) is 0. The molecule has 0 saturated heterocycles. The Balaban J connectivity index is -0.000000144. The fourth-order valence-electron chi connectivity index (χ4n) is 0.317. The van der Waals surface area contributed by atoms with Crippen molar-refractivity contribution in [3.05, 3.63) is 10.8 Å². The lowest BCUT2D eigenvalue weighted by Gasteiger charge is -1.82. The predicted octanol–water partition coefficient (Wildman–Crippen LogP) is 3.99. The van der Waals surface area contributed by atoms with E-state index >= 15 is 0 Å². The first kappa shape index (κ1) is 18.2. The molecule has 1 rings (SSSR count). The Morgan fingerprint density at radius 2 is 1.00 bits per heavy atom. The minimum absolute atomic E-state index is 0.685. The van der Waals surface area contributed by atoms with Gasteiger partial charge in [-0.2, -0.15) is 0 Å². The fourth-order valence-corrected chi connectivity index (χ4v) is 0.950. The second-order valence-corrected chi connectivity index (χ2v) is 2.03. The highest BCUT2D eigenvalue weighted by atomic mass is 32.1. The third kappa shape index (κ3) is 11.3. The average molecular weight is 204 g/mol. The molecule has 1 aromatic heterocycles. The van der Waals surface area contributed by atoms with Gasteiger partial charge in [0, 0.05) is 10.8 Å². The summed E-state index contributed by atoms with van der Waals surface area (Å²) in [6.45, 7) is 12.0. The van der Waals surface area contributed by atoms with Crippen molar-refractivity contribution >= 4 is 22.7 Å². The van der Waals surface area contributed by atoms with Crippen LogP contribution in [0.5, 0.6) is 0 Å². The molecule has 0 fully saturated rings. The summed E-state index contributed by atoms with van der Waals surface area (Å²) in [5.41, 5.74) is 12.0. The Bertz CT molecular complexity index is 145.